The van der Waals surface area contributed by atoms with E-state index in [1.54, 1.807) is 0 Å². The summed E-state index contributed by atoms with van der Waals surface area (Å²) in [6, 6.07) is 0.452. The summed E-state index contributed by atoms with van der Waals surface area (Å²) in [5, 5.41) is 13.2. The molecular formula is C23H44N2O. The molecular weight excluding hydrogens is 320 g/mol. The molecule has 3 nitrogen and oxygen atoms in total. The Morgan fingerprint density at radius 2 is 1.85 bits per heavy atom. The summed E-state index contributed by atoms with van der Waals surface area (Å²) in [7, 11) is 0. The number of hydrogen-bond donors (Lipinski definition) is 2. The molecule has 2 N–H and O–H groups in total. The molecule has 0 radical (unpaired) electrons. The van der Waals surface area contributed by atoms with E-state index < -0.39 is 0 Å². The summed E-state index contributed by atoms with van der Waals surface area (Å²) in [4.78, 5) is 2.56. The van der Waals surface area contributed by atoms with Crippen molar-refractivity contribution in [3.05, 3.63) is 11.6 Å². The molecule has 152 valence electrons. The van der Waals surface area contributed by atoms with E-state index in [-0.39, 0.29) is 0 Å². The number of nitrogens with zero attached hydrogens (tertiary/aromatic N) is 1. The predicted octanol–water partition coefficient (Wildman–Crippen LogP) is 4.61. The van der Waals surface area contributed by atoms with Crippen molar-refractivity contribution in [2.45, 2.75) is 84.6 Å². The van der Waals surface area contributed by atoms with Crippen molar-refractivity contribution in [2.75, 3.05) is 32.8 Å². The number of aliphatic hydroxyl groups excluding tert-OH is 1. The van der Waals surface area contributed by atoms with Gasteiger partial charge in [-0.1, -0.05) is 18.6 Å². The summed E-state index contributed by atoms with van der Waals surface area (Å²) in [5.74, 6) is 2.58. The standard InChI is InChI=1S/C23H44N2O/c1-19(2)6-4-7-20(3)13-14-24-16-21-9-11-22(12-10-21)17-25-15-5-8-23(25)18-26/h6,20-24,26H,4-5,7-18H2,1-3H3/t20-,21?,22?,23?/m1/s1. The van der Waals surface area contributed by atoms with Crippen molar-refractivity contribution >= 4 is 0 Å². The van der Waals surface area contributed by atoms with E-state index in [1.165, 1.54) is 89.5 Å². The molecule has 1 saturated carbocycles. The maximum absolute atomic E-state index is 9.49. The summed E-state index contributed by atoms with van der Waals surface area (Å²) >= 11 is 0. The smallest absolute Gasteiger partial charge is 0.0586 e. The second-order valence-corrected chi connectivity index (χ2v) is 9.32. The van der Waals surface area contributed by atoms with E-state index in [0.717, 1.165) is 17.8 Å². The monoisotopic (exact) mass is 364 g/mol. The highest BCUT2D eigenvalue weighted by Crippen LogP contribution is 2.30. The fraction of sp³-hybridized carbons (Fsp3) is 0.913. The zero-order valence-electron chi connectivity index (χ0n) is 17.7. The largest absolute Gasteiger partial charge is 0.395 e. The Morgan fingerprint density at radius 3 is 2.54 bits per heavy atom. The first-order valence-corrected chi connectivity index (χ1v) is 11.3. The number of nitrogens with one attached hydrogen (secondary N) is 1. The lowest BCUT2D eigenvalue weighted by Crippen LogP contribution is -2.38. The van der Waals surface area contributed by atoms with Gasteiger partial charge in [0, 0.05) is 12.6 Å². The topological polar surface area (TPSA) is 35.5 Å². The quantitative estimate of drug-likeness (QED) is 0.415. The number of rotatable bonds is 11. The van der Waals surface area contributed by atoms with Crippen molar-refractivity contribution in [1.29, 1.82) is 0 Å². The zero-order chi connectivity index (χ0) is 18.8. The molecule has 1 unspecified atom stereocenters. The number of likely N-dealkylation sites (tertiary alicyclic amines) is 1. The average Bonchev–Trinajstić information content (AvgIpc) is 3.07. The van der Waals surface area contributed by atoms with Gasteiger partial charge in [0.05, 0.1) is 6.61 Å². The first-order valence-electron chi connectivity index (χ1n) is 11.3. The summed E-state index contributed by atoms with van der Waals surface area (Å²) in [6.07, 6.45) is 14.3. The van der Waals surface area contributed by atoms with Crippen molar-refractivity contribution in [2.24, 2.45) is 17.8 Å². The van der Waals surface area contributed by atoms with E-state index in [9.17, 15) is 5.11 Å². The molecule has 2 atom stereocenters. The van der Waals surface area contributed by atoms with Crippen molar-refractivity contribution in [3.8, 4) is 0 Å². The number of hydrogen-bond acceptors (Lipinski definition) is 3. The molecule has 0 aromatic rings. The third-order valence-electron chi connectivity index (χ3n) is 6.63. The van der Waals surface area contributed by atoms with Crippen LogP contribution in [-0.2, 0) is 0 Å². The number of allylic oxidation sites excluding steroid dienone is 2. The SMILES string of the molecule is CC(C)=CCC[C@@H](C)CCNCC1CCC(CN2CCCC2CO)CC1. The Hall–Kier alpha value is -0.380. The first-order chi connectivity index (χ1) is 12.6. The van der Waals surface area contributed by atoms with Gasteiger partial charge in [0.1, 0.15) is 0 Å². The predicted molar refractivity (Wildman–Crippen MR) is 112 cm³/mol. The average molecular weight is 365 g/mol. The molecule has 1 heterocycles. The second kappa shape index (κ2) is 12.2. The third-order valence-corrected chi connectivity index (χ3v) is 6.63. The van der Waals surface area contributed by atoms with Gasteiger partial charge in [-0.25, -0.2) is 0 Å². The lowest BCUT2D eigenvalue weighted by atomic mass is 9.81. The molecule has 2 fully saturated rings. The van der Waals surface area contributed by atoms with Gasteiger partial charge in [-0.2, -0.15) is 0 Å². The van der Waals surface area contributed by atoms with Gasteiger partial charge < -0.3 is 10.4 Å². The molecule has 26 heavy (non-hydrogen) atoms. The maximum atomic E-state index is 9.49. The van der Waals surface area contributed by atoms with Crippen LogP contribution in [-0.4, -0.2) is 48.8 Å². The molecule has 1 aliphatic carbocycles. The molecule has 3 heteroatoms. The van der Waals surface area contributed by atoms with Crippen LogP contribution in [0.4, 0.5) is 0 Å². The zero-order valence-corrected chi connectivity index (χ0v) is 17.7. The fourth-order valence-corrected chi connectivity index (χ4v) is 4.75. The Labute approximate surface area is 162 Å². The van der Waals surface area contributed by atoms with Crippen molar-refractivity contribution < 1.29 is 5.11 Å². The molecule has 0 spiro atoms. The van der Waals surface area contributed by atoms with Gasteiger partial charge in [0.15, 0.2) is 0 Å². The molecule has 1 saturated heterocycles. The Kier molecular flexibility index (Phi) is 10.2. The van der Waals surface area contributed by atoms with E-state index >= 15 is 0 Å². The summed E-state index contributed by atoms with van der Waals surface area (Å²) in [5.41, 5.74) is 1.45. The van der Waals surface area contributed by atoms with Gasteiger partial charge in [-0.15, -0.1) is 0 Å². The molecule has 0 aromatic carbocycles. The highest BCUT2D eigenvalue weighted by atomic mass is 16.3. The highest BCUT2D eigenvalue weighted by molar-refractivity contribution is 4.92. The summed E-state index contributed by atoms with van der Waals surface area (Å²) < 4.78 is 0. The van der Waals surface area contributed by atoms with Crippen molar-refractivity contribution in [3.63, 3.8) is 0 Å². The van der Waals surface area contributed by atoms with E-state index in [2.05, 4.69) is 37.1 Å². The third kappa shape index (κ3) is 8.10. The van der Waals surface area contributed by atoms with Crippen LogP contribution in [0, 0.1) is 17.8 Å². The summed E-state index contributed by atoms with van der Waals surface area (Å²) in [6.45, 7) is 12.0. The molecule has 0 aromatic heterocycles. The molecule has 2 aliphatic rings. The van der Waals surface area contributed by atoms with Gasteiger partial charge >= 0.3 is 0 Å². The van der Waals surface area contributed by atoms with Crippen LogP contribution in [0.1, 0.15) is 78.6 Å². The second-order valence-electron chi connectivity index (χ2n) is 9.32. The fourth-order valence-electron chi connectivity index (χ4n) is 4.75. The lowest BCUT2D eigenvalue weighted by molar-refractivity contribution is 0.124. The highest BCUT2D eigenvalue weighted by Gasteiger charge is 2.28. The minimum absolute atomic E-state index is 0.353. The maximum Gasteiger partial charge on any atom is 0.0586 e. The van der Waals surface area contributed by atoms with E-state index in [1.807, 2.05) is 0 Å². The first kappa shape index (κ1) is 21.9. The van der Waals surface area contributed by atoms with E-state index in [4.69, 9.17) is 0 Å². The van der Waals surface area contributed by atoms with Gasteiger partial charge in [-0.05, 0) is 109 Å². The minimum Gasteiger partial charge on any atom is -0.395 e. The molecule has 2 rings (SSSR count). The van der Waals surface area contributed by atoms with Gasteiger partial charge in [0.25, 0.3) is 0 Å². The van der Waals surface area contributed by atoms with Crippen LogP contribution >= 0.6 is 0 Å². The Bertz CT molecular complexity index is 397. The Balaban J connectivity index is 1.50. The van der Waals surface area contributed by atoms with Crippen LogP contribution in [0.25, 0.3) is 0 Å². The normalized spacial score (nSPS) is 28.2. The van der Waals surface area contributed by atoms with Crippen LogP contribution in [0.3, 0.4) is 0 Å². The van der Waals surface area contributed by atoms with Crippen LogP contribution in [0.5, 0.6) is 0 Å². The minimum atomic E-state index is 0.353. The molecule has 0 bridgehead atoms. The lowest BCUT2D eigenvalue weighted by Gasteiger charge is -2.33. The van der Waals surface area contributed by atoms with Gasteiger partial charge in [-0.3, -0.25) is 4.90 Å². The Morgan fingerprint density at radius 1 is 1.12 bits per heavy atom. The van der Waals surface area contributed by atoms with Crippen LogP contribution in [0.15, 0.2) is 11.6 Å². The molecule has 0 amide bonds. The molecule has 1 aliphatic heterocycles. The number of aliphatic hydroxyl groups is 1. The van der Waals surface area contributed by atoms with Crippen LogP contribution < -0.4 is 5.32 Å². The van der Waals surface area contributed by atoms with E-state index in [0.29, 0.717) is 12.6 Å². The van der Waals surface area contributed by atoms with Gasteiger partial charge in [0.2, 0.25) is 0 Å². The van der Waals surface area contributed by atoms with Crippen molar-refractivity contribution in [1.82, 2.24) is 10.2 Å². The van der Waals surface area contributed by atoms with Crippen LogP contribution in [0.2, 0.25) is 0 Å².